The maximum atomic E-state index is 12.3. The molecule has 0 radical (unpaired) electrons. The first kappa shape index (κ1) is 20.9. The highest BCUT2D eigenvalue weighted by atomic mass is 16.6. The van der Waals surface area contributed by atoms with Crippen molar-refractivity contribution in [2.24, 2.45) is 0 Å². The normalized spacial score (nSPS) is 11.4. The van der Waals surface area contributed by atoms with Crippen molar-refractivity contribution in [3.63, 3.8) is 0 Å². The van der Waals surface area contributed by atoms with Crippen molar-refractivity contribution in [2.75, 3.05) is 19.4 Å². The Hall–Kier alpha value is -3.42. The van der Waals surface area contributed by atoms with Crippen LogP contribution in [0.2, 0.25) is 0 Å². The summed E-state index contributed by atoms with van der Waals surface area (Å²) in [5.74, 6) is 0.0950. The SMILES string of the molecule is CC(Oc1ccc([N+](=O)[O-])cc1)C(=O)Nc1ccc(CCC(=O)N(C)C)cc1. The summed E-state index contributed by atoms with van der Waals surface area (Å²) in [5.41, 5.74) is 1.58. The van der Waals surface area contributed by atoms with Crippen LogP contribution in [0.15, 0.2) is 48.5 Å². The fourth-order valence-corrected chi connectivity index (χ4v) is 2.38. The van der Waals surface area contributed by atoms with E-state index in [0.717, 1.165) is 5.56 Å². The standard InChI is InChI=1S/C20H23N3O5/c1-14(28-18-11-9-17(10-12-18)23(26)27)20(25)21-16-7-4-15(5-8-16)6-13-19(24)22(2)3/h4-5,7-12,14H,6,13H2,1-3H3,(H,21,25). The van der Waals surface area contributed by atoms with Crippen molar-refractivity contribution >= 4 is 23.2 Å². The zero-order valence-corrected chi connectivity index (χ0v) is 16.0. The van der Waals surface area contributed by atoms with Gasteiger partial charge in [0.1, 0.15) is 5.75 Å². The van der Waals surface area contributed by atoms with Crippen LogP contribution >= 0.6 is 0 Å². The number of non-ortho nitro benzene ring substituents is 1. The van der Waals surface area contributed by atoms with Crippen LogP contribution in [-0.2, 0) is 16.0 Å². The Labute approximate surface area is 163 Å². The molecule has 0 saturated heterocycles. The van der Waals surface area contributed by atoms with Crippen molar-refractivity contribution in [3.8, 4) is 5.75 Å². The molecule has 8 heteroatoms. The average molecular weight is 385 g/mol. The molecule has 0 bridgehead atoms. The van der Waals surface area contributed by atoms with E-state index in [0.29, 0.717) is 24.3 Å². The minimum atomic E-state index is -0.779. The number of aryl methyl sites for hydroxylation is 1. The molecular weight excluding hydrogens is 362 g/mol. The third kappa shape index (κ3) is 6.08. The van der Waals surface area contributed by atoms with E-state index < -0.39 is 11.0 Å². The monoisotopic (exact) mass is 385 g/mol. The largest absolute Gasteiger partial charge is 0.481 e. The van der Waals surface area contributed by atoms with Crippen LogP contribution in [0.3, 0.4) is 0 Å². The summed E-state index contributed by atoms with van der Waals surface area (Å²) < 4.78 is 5.52. The lowest BCUT2D eigenvalue weighted by Crippen LogP contribution is -2.30. The van der Waals surface area contributed by atoms with Crippen molar-refractivity contribution < 1.29 is 19.2 Å². The number of nitro benzene ring substituents is 1. The van der Waals surface area contributed by atoms with E-state index in [9.17, 15) is 19.7 Å². The van der Waals surface area contributed by atoms with Crippen LogP contribution in [0.25, 0.3) is 0 Å². The van der Waals surface area contributed by atoms with Gasteiger partial charge in [-0.25, -0.2) is 0 Å². The van der Waals surface area contributed by atoms with Gasteiger partial charge in [-0.2, -0.15) is 0 Å². The van der Waals surface area contributed by atoms with Gasteiger partial charge in [0, 0.05) is 38.3 Å². The van der Waals surface area contributed by atoms with Gasteiger partial charge in [-0.1, -0.05) is 12.1 Å². The van der Waals surface area contributed by atoms with Crippen molar-refractivity contribution in [3.05, 3.63) is 64.2 Å². The number of carbonyl (C=O) groups is 2. The van der Waals surface area contributed by atoms with E-state index in [1.54, 1.807) is 38.1 Å². The summed E-state index contributed by atoms with van der Waals surface area (Å²) in [4.78, 5) is 35.6. The van der Waals surface area contributed by atoms with Gasteiger partial charge in [0.25, 0.3) is 11.6 Å². The molecule has 8 nitrogen and oxygen atoms in total. The molecule has 1 N–H and O–H groups in total. The van der Waals surface area contributed by atoms with Crippen LogP contribution < -0.4 is 10.1 Å². The molecule has 2 aromatic carbocycles. The molecule has 0 aliphatic rings. The lowest BCUT2D eigenvalue weighted by molar-refractivity contribution is -0.384. The molecule has 0 heterocycles. The van der Waals surface area contributed by atoms with Crippen LogP contribution in [0, 0.1) is 10.1 Å². The lowest BCUT2D eigenvalue weighted by atomic mass is 10.1. The third-order valence-corrected chi connectivity index (χ3v) is 4.08. The van der Waals surface area contributed by atoms with E-state index in [4.69, 9.17) is 4.74 Å². The fraction of sp³-hybridized carbons (Fsp3) is 0.300. The quantitative estimate of drug-likeness (QED) is 0.556. The molecule has 28 heavy (non-hydrogen) atoms. The zero-order chi connectivity index (χ0) is 20.7. The Morgan fingerprint density at radius 1 is 1.11 bits per heavy atom. The van der Waals surface area contributed by atoms with Gasteiger partial charge in [-0.3, -0.25) is 19.7 Å². The maximum Gasteiger partial charge on any atom is 0.269 e. The van der Waals surface area contributed by atoms with E-state index in [1.165, 1.54) is 24.3 Å². The second-order valence-corrected chi connectivity index (χ2v) is 6.49. The second kappa shape index (κ2) is 9.50. The van der Waals surface area contributed by atoms with Gasteiger partial charge in [-0.05, 0) is 43.2 Å². The van der Waals surface area contributed by atoms with Gasteiger partial charge in [0.05, 0.1) is 4.92 Å². The van der Waals surface area contributed by atoms with Gasteiger partial charge in [-0.15, -0.1) is 0 Å². The van der Waals surface area contributed by atoms with Gasteiger partial charge < -0.3 is 15.0 Å². The number of nitro groups is 1. The van der Waals surface area contributed by atoms with Crippen LogP contribution in [0.1, 0.15) is 18.9 Å². The third-order valence-electron chi connectivity index (χ3n) is 4.08. The molecule has 2 amide bonds. The lowest BCUT2D eigenvalue weighted by Gasteiger charge is -2.15. The van der Waals surface area contributed by atoms with Crippen molar-refractivity contribution in [2.45, 2.75) is 25.9 Å². The molecular formula is C20H23N3O5. The zero-order valence-electron chi connectivity index (χ0n) is 16.0. The number of ether oxygens (including phenoxy) is 1. The molecule has 0 spiro atoms. The Kier molecular flexibility index (Phi) is 7.08. The number of amides is 2. The predicted octanol–water partition coefficient (Wildman–Crippen LogP) is 3.02. The molecule has 1 unspecified atom stereocenters. The number of rotatable bonds is 8. The molecule has 148 valence electrons. The summed E-state index contributed by atoms with van der Waals surface area (Å²) >= 11 is 0. The number of nitrogens with zero attached hydrogens (tertiary/aromatic N) is 2. The number of anilines is 1. The second-order valence-electron chi connectivity index (χ2n) is 6.49. The molecule has 2 rings (SSSR count). The highest BCUT2D eigenvalue weighted by Crippen LogP contribution is 2.19. The van der Waals surface area contributed by atoms with E-state index in [2.05, 4.69) is 5.32 Å². The van der Waals surface area contributed by atoms with E-state index in [-0.39, 0.29) is 17.5 Å². The number of nitrogens with one attached hydrogen (secondary N) is 1. The molecule has 0 aliphatic heterocycles. The number of carbonyl (C=O) groups excluding carboxylic acids is 2. The average Bonchev–Trinajstić information content (AvgIpc) is 2.67. The number of hydrogen-bond donors (Lipinski definition) is 1. The van der Waals surface area contributed by atoms with E-state index in [1.807, 2.05) is 12.1 Å². The topological polar surface area (TPSA) is 102 Å². The molecule has 1 atom stereocenters. The number of hydrogen-bond acceptors (Lipinski definition) is 5. The van der Waals surface area contributed by atoms with E-state index >= 15 is 0 Å². The highest BCUT2D eigenvalue weighted by molar-refractivity contribution is 5.94. The first-order valence-corrected chi connectivity index (χ1v) is 8.77. The number of benzene rings is 2. The smallest absolute Gasteiger partial charge is 0.269 e. The predicted molar refractivity (Wildman–Crippen MR) is 105 cm³/mol. The summed E-state index contributed by atoms with van der Waals surface area (Å²) in [6, 6.07) is 12.8. The highest BCUT2D eigenvalue weighted by Gasteiger charge is 2.15. The molecule has 0 saturated carbocycles. The Morgan fingerprint density at radius 3 is 2.25 bits per heavy atom. The Bertz CT molecular complexity index is 832. The summed E-state index contributed by atoms with van der Waals surface area (Å²) in [6.07, 6.45) is 0.280. The maximum absolute atomic E-state index is 12.3. The van der Waals surface area contributed by atoms with Crippen molar-refractivity contribution in [1.29, 1.82) is 0 Å². The Balaban J connectivity index is 1.87. The first-order valence-electron chi connectivity index (χ1n) is 8.77. The molecule has 0 aliphatic carbocycles. The molecule has 0 aromatic heterocycles. The molecule has 0 fully saturated rings. The minimum Gasteiger partial charge on any atom is -0.481 e. The summed E-state index contributed by atoms with van der Waals surface area (Å²) in [6.45, 7) is 1.60. The van der Waals surface area contributed by atoms with Crippen LogP contribution in [0.5, 0.6) is 5.75 Å². The van der Waals surface area contributed by atoms with Crippen LogP contribution in [-0.4, -0.2) is 41.8 Å². The summed E-state index contributed by atoms with van der Waals surface area (Å²) in [5, 5.41) is 13.4. The van der Waals surface area contributed by atoms with Gasteiger partial charge in [0.15, 0.2) is 6.10 Å². The van der Waals surface area contributed by atoms with Crippen LogP contribution in [0.4, 0.5) is 11.4 Å². The minimum absolute atomic E-state index is 0.0446. The summed E-state index contributed by atoms with van der Waals surface area (Å²) in [7, 11) is 3.45. The fourth-order valence-electron chi connectivity index (χ4n) is 2.38. The first-order chi connectivity index (χ1) is 13.3. The van der Waals surface area contributed by atoms with Crippen molar-refractivity contribution in [1.82, 2.24) is 4.90 Å². The van der Waals surface area contributed by atoms with Gasteiger partial charge in [0.2, 0.25) is 5.91 Å². The van der Waals surface area contributed by atoms with Gasteiger partial charge >= 0.3 is 0 Å². The molecule has 2 aromatic rings. The Morgan fingerprint density at radius 2 is 1.71 bits per heavy atom.